The zero-order valence-corrected chi connectivity index (χ0v) is 14.6. The van der Waals surface area contributed by atoms with Crippen LogP contribution < -0.4 is 10.1 Å². The van der Waals surface area contributed by atoms with Crippen LogP contribution in [0, 0.1) is 5.92 Å². The molecular formula is C20H23N3O2. The van der Waals surface area contributed by atoms with Gasteiger partial charge in [-0.3, -0.25) is 4.79 Å². The van der Waals surface area contributed by atoms with E-state index in [1.807, 2.05) is 19.0 Å². The number of benzene rings is 1. The minimum Gasteiger partial charge on any atom is -0.476 e. The van der Waals surface area contributed by atoms with E-state index in [2.05, 4.69) is 34.6 Å². The van der Waals surface area contributed by atoms with Gasteiger partial charge in [0.15, 0.2) is 0 Å². The Hall–Kier alpha value is -2.40. The van der Waals surface area contributed by atoms with Gasteiger partial charge in [-0.2, -0.15) is 0 Å². The maximum absolute atomic E-state index is 12.6. The summed E-state index contributed by atoms with van der Waals surface area (Å²) in [5, 5.41) is 3.18. The van der Waals surface area contributed by atoms with Crippen molar-refractivity contribution in [3.8, 4) is 5.88 Å². The Morgan fingerprint density at radius 1 is 1.32 bits per heavy atom. The molecule has 1 heterocycles. The molecule has 3 atom stereocenters. The number of rotatable bonds is 6. The fourth-order valence-electron chi connectivity index (χ4n) is 3.75. The monoisotopic (exact) mass is 337 g/mol. The van der Waals surface area contributed by atoms with E-state index < -0.39 is 0 Å². The number of nitrogens with one attached hydrogen (secondary N) is 1. The first-order valence-electron chi connectivity index (χ1n) is 8.76. The zero-order valence-electron chi connectivity index (χ0n) is 14.6. The van der Waals surface area contributed by atoms with E-state index in [4.69, 9.17) is 4.74 Å². The molecule has 2 aliphatic carbocycles. The Bertz CT molecular complexity index is 790. The number of amides is 1. The summed E-state index contributed by atoms with van der Waals surface area (Å²) in [7, 11) is 3.98. The number of hydrogen-bond donors (Lipinski definition) is 1. The summed E-state index contributed by atoms with van der Waals surface area (Å²) >= 11 is 0. The Kier molecular flexibility index (Phi) is 4.17. The maximum Gasteiger partial charge on any atom is 0.251 e. The van der Waals surface area contributed by atoms with E-state index in [9.17, 15) is 4.79 Å². The van der Waals surface area contributed by atoms with Gasteiger partial charge >= 0.3 is 0 Å². The van der Waals surface area contributed by atoms with Crippen LogP contribution in [0.4, 0.5) is 0 Å². The molecule has 1 saturated carbocycles. The number of likely N-dealkylation sites (N-methyl/N-ethyl adjacent to an activating group) is 1. The number of carbonyl (C=O) groups excluding carboxylic acids is 1. The van der Waals surface area contributed by atoms with Gasteiger partial charge in [0.1, 0.15) is 6.61 Å². The standard InChI is InChI=1S/C20H23N3O2/c1-23(2)9-10-25-17-12-14(7-8-21-17)20(24)22-19-16-11-13-5-3-4-6-15(13)18(16)19/h3-8,12,16,18-19H,9-11H2,1-2H3,(H,22,24)/t16-,18+,19+/m0/s1. The summed E-state index contributed by atoms with van der Waals surface area (Å²) in [6.07, 6.45) is 2.70. The molecule has 25 heavy (non-hydrogen) atoms. The normalized spacial score (nSPS) is 23.1. The van der Waals surface area contributed by atoms with Crippen LogP contribution in [0.15, 0.2) is 42.6 Å². The summed E-state index contributed by atoms with van der Waals surface area (Å²) in [6, 6.07) is 12.3. The zero-order chi connectivity index (χ0) is 17.4. The van der Waals surface area contributed by atoms with E-state index in [1.165, 1.54) is 11.1 Å². The Morgan fingerprint density at radius 2 is 2.16 bits per heavy atom. The second-order valence-electron chi connectivity index (χ2n) is 7.13. The molecule has 0 spiro atoms. The van der Waals surface area contributed by atoms with Crippen LogP contribution in [0.5, 0.6) is 5.88 Å². The minimum absolute atomic E-state index is 0.0447. The van der Waals surface area contributed by atoms with Crippen molar-refractivity contribution in [2.45, 2.75) is 18.4 Å². The van der Waals surface area contributed by atoms with Crippen LogP contribution in [0.25, 0.3) is 0 Å². The molecule has 130 valence electrons. The number of ether oxygens (including phenoxy) is 1. The van der Waals surface area contributed by atoms with Crippen LogP contribution >= 0.6 is 0 Å². The van der Waals surface area contributed by atoms with E-state index in [1.54, 1.807) is 18.3 Å². The number of nitrogens with zero attached hydrogens (tertiary/aromatic N) is 2. The number of aromatic nitrogens is 1. The highest BCUT2D eigenvalue weighted by atomic mass is 16.5. The molecular weight excluding hydrogens is 314 g/mol. The summed E-state index contributed by atoms with van der Waals surface area (Å²) < 4.78 is 5.62. The van der Waals surface area contributed by atoms with Crippen LogP contribution in [-0.2, 0) is 6.42 Å². The highest BCUT2D eigenvalue weighted by Crippen LogP contribution is 2.56. The SMILES string of the molecule is CN(C)CCOc1cc(C(=O)N[C@@H]2[C@H]3Cc4ccccc4[C@H]32)ccn1. The molecule has 1 fully saturated rings. The smallest absolute Gasteiger partial charge is 0.251 e. The number of fused-ring (bicyclic) bond motifs is 3. The molecule has 1 aromatic carbocycles. The predicted molar refractivity (Wildman–Crippen MR) is 95.9 cm³/mol. The van der Waals surface area contributed by atoms with Gasteiger partial charge in [0.2, 0.25) is 5.88 Å². The van der Waals surface area contributed by atoms with E-state index in [-0.39, 0.29) is 11.9 Å². The largest absolute Gasteiger partial charge is 0.476 e. The van der Waals surface area contributed by atoms with Crippen molar-refractivity contribution in [1.82, 2.24) is 15.2 Å². The first kappa shape index (κ1) is 16.1. The molecule has 0 bridgehead atoms. The minimum atomic E-state index is -0.0447. The average Bonchev–Trinajstić information content (AvgIpc) is 3.11. The van der Waals surface area contributed by atoms with E-state index in [0.717, 1.165) is 13.0 Å². The summed E-state index contributed by atoms with van der Waals surface area (Å²) in [5.41, 5.74) is 3.44. The Morgan fingerprint density at radius 3 is 3.00 bits per heavy atom. The average molecular weight is 337 g/mol. The lowest BCUT2D eigenvalue weighted by atomic mass is 10.1. The summed E-state index contributed by atoms with van der Waals surface area (Å²) in [4.78, 5) is 18.8. The molecule has 5 nitrogen and oxygen atoms in total. The maximum atomic E-state index is 12.6. The molecule has 1 amide bonds. The first-order chi connectivity index (χ1) is 12.1. The van der Waals surface area contributed by atoms with Crippen molar-refractivity contribution in [2.75, 3.05) is 27.2 Å². The summed E-state index contributed by atoms with van der Waals surface area (Å²) in [5.74, 6) is 1.49. The molecule has 4 rings (SSSR count). The van der Waals surface area contributed by atoms with Gasteiger partial charge in [-0.15, -0.1) is 0 Å². The second-order valence-corrected chi connectivity index (χ2v) is 7.13. The molecule has 0 saturated heterocycles. The van der Waals surface area contributed by atoms with Crippen molar-refractivity contribution in [3.05, 3.63) is 59.3 Å². The lowest BCUT2D eigenvalue weighted by Gasteiger charge is -2.12. The van der Waals surface area contributed by atoms with Gasteiger partial charge in [0.25, 0.3) is 5.91 Å². The van der Waals surface area contributed by atoms with Gasteiger partial charge in [0, 0.05) is 36.3 Å². The molecule has 2 aromatic rings. The number of hydrogen-bond acceptors (Lipinski definition) is 4. The van der Waals surface area contributed by atoms with Crippen LogP contribution in [0.2, 0.25) is 0 Å². The fraction of sp³-hybridized carbons (Fsp3) is 0.400. The van der Waals surface area contributed by atoms with Crippen LogP contribution in [-0.4, -0.2) is 49.1 Å². The quantitative estimate of drug-likeness (QED) is 0.877. The Labute approximate surface area is 148 Å². The van der Waals surface area contributed by atoms with Crippen molar-refractivity contribution in [1.29, 1.82) is 0 Å². The lowest BCUT2D eigenvalue weighted by Crippen LogP contribution is -2.28. The molecule has 0 radical (unpaired) electrons. The molecule has 0 unspecified atom stereocenters. The number of carbonyl (C=O) groups is 1. The van der Waals surface area contributed by atoms with E-state index >= 15 is 0 Å². The fourth-order valence-corrected chi connectivity index (χ4v) is 3.75. The molecule has 0 aliphatic heterocycles. The molecule has 1 N–H and O–H groups in total. The molecule has 5 heteroatoms. The van der Waals surface area contributed by atoms with Crippen molar-refractivity contribution < 1.29 is 9.53 Å². The number of pyridine rings is 1. The van der Waals surface area contributed by atoms with Gasteiger partial charge in [-0.25, -0.2) is 4.98 Å². The highest BCUT2D eigenvalue weighted by Gasteiger charge is 2.56. The van der Waals surface area contributed by atoms with Crippen molar-refractivity contribution in [2.24, 2.45) is 5.92 Å². The van der Waals surface area contributed by atoms with Crippen molar-refractivity contribution in [3.63, 3.8) is 0 Å². The van der Waals surface area contributed by atoms with E-state index in [0.29, 0.717) is 29.9 Å². The Balaban J connectivity index is 1.37. The lowest BCUT2D eigenvalue weighted by molar-refractivity contribution is 0.0947. The van der Waals surface area contributed by atoms with Gasteiger partial charge < -0.3 is 15.0 Å². The van der Waals surface area contributed by atoms with Gasteiger partial charge in [0.05, 0.1) is 0 Å². The van der Waals surface area contributed by atoms with Gasteiger partial charge in [-0.05, 0) is 43.6 Å². The van der Waals surface area contributed by atoms with Crippen LogP contribution in [0.1, 0.15) is 27.4 Å². The third-order valence-corrected chi connectivity index (χ3v) is 5.12. The third kappa shape index (κ3) is 3.24. The van der Waals surface area contributed by atoms with Crippen LogP contribution in [0.3, 0.4) is 0 Å². The topological polar surface area (TPSA) is 54.5 Å². The highest BCUT2D eigenvalue weighted by molar-refractivity contribution is 5.95. The molecule has 2 aliphatic rings. The molecule has 1 aromatic heterocycles. The predicted octanol–water partition coefficient (Wildman–Crippen LogP) is 2.09. The van der Waals surface area contributed by atoms with Gasteiger partial charge in [-0.1, -0.05) is 24.3 Å². The van der Waals surface area contributed by atoms with Crippen molar-refractivity contribution >= 4 is 5.91 Å². The second kappa shape index (κ2) is 6.48. The summed E-state index contributed by atoms with van der Waals surface area (Å²) in [6.45, 7) is 1.36. The first-order valence-corrected chi connectivity index (χ1v) is 8.76. The third-order valence-electron chi connectivity index (χ3n) is 5.12.